The van der Waals surface area contributed by atoms with Gasteiger partial charge >= 0.3 is 0 Å². The van der Waals surface area contributed by atoms with Crippen LogP contribution >= 0.6 is 0 Å². The molecule has 29 heavy (non-hydrogen) atoms. The summed E-state index contributed by atoms with van der Waals surface area (Å²) in [6.45, 7) is 4.57. The van der Waals surface area contributed by atoms with E-state index in [-0.39, 0.29) is 17.5 Å². The monoisotopic (exact) mass is 390 g/mol. The second-order valence-electron chi connectivity index (χ2n) is 8.45. The summed E-state index contributed by atoms with van der Waals surface area (Å²) in [5, 5.41) is 4.22. The van der Waals surface area contributed by atoms with Crippen molar-refractivity contribution < 1.29 is 9.53 Å². The highest BCUT2D eigenvalue weighted by atomic mass is 16.5. The van der Waals surface area contributed by atoms with E-state index in [1.54, 1.807) is 0 Å². The summed E-state index contributed by atoms with van der Waals surface area (Å²) in [6, 6.07) is 14.4. The van der Waals surface area contributed by atoms with Crippen LogP contribution in [-0.2, 0) is 4.79 Å². The number of amidine groups is 1. The molecule has 1 atom stereocenters. The van der Waals surface area contributed by atoms with Gasteiger partial charge in [0.15, 0.2) is 5.84 Å². The molecule has 1 unspecified atom stereocenters. The van der Waals surface area contributed by atoms with E-state index in [2.05, 4.69) is 65.8 Å². The van der Waals surface area contributed by atoms with E-state index in [4.69, 9.17) is 4.74 Å². The van der Waals surface area contributed by atoms with Crippen LogP contribution in [0.15, 0.2) is 47.6 Å². The molecule has 3 aliphatic rings. The number of carbonyl (C=O) groups is 1. The molecule has 2 aliphatic heterocycles. The van der Waals surface area contributed by atoms with Crippen molar-refractivity contribution in [2.24, 2.45) is 5.10 Å². The standard InChI is InChI=1S/C23H26N4O2/c1-15-22(28)25-24-21-14-29-20-12-17(16-8-5-4-6-9-16)18(13-19(20)27(15)21)26(3)23(2)10-7-11-23/h4-6,8-9,12-13,15H,7,10-11,14H2,1-3H3,(H,25,28). The fourth-order valence-corrected chi connectivity index (χ4v) is 4.50. The fourth-order valence-electron chi connectivity index (χ4n) is 4.50. The van der Waals surface area contributed by atoms with Crippen LogP contribution < -0.4 is 20.0 Å². The number of hydrogen-bond donors (Lipinski definition) is 1. The average Bonchev–Trinajstić information content (AvgIpc) is 2.73. The summed E-state index contributed by atoms with van der Waals surface area (Å²) in [4.78, 5) is 16.7. The molecule has 2 aromatic rings. The van der Waals surface area contributed by atoms with E-state index in [1.807, 2.05) is 17.9 Å². The number of ether oxygens (including phenoxy) is 1. The molecule has 6 heteroatoms. The first kappa shape index (κ1) is 18.0. The molecule has 0 bridgehead atoms. The van der Waals surface area contributed by atoms with Gasteiger partial charge < -0.3 is 14.5 Å². The van der Waals surface area contributed by atoms with Gasteiger partial charge in [0.05, 0.1) is 5.69 Å². The number of benzene rings is 2. The van der Waals surface area contributed by atoms with Gasteiger partial charge in [0.2, 0.25) is 0 Å². The van der Waals surface area contributed by atoms with E-state index < -0.39 is 0 Å². The molecule has 2 aromatic carbocycles. The van der Waals surface area contributed by atoms with Crippen LogP contribution in [0.2, 0.25) is 0 Å². The third-order valence-electron chi connectivity index (χ3n) is 6.72. The maximum atomic E-state index is 12.3. The van der Waals surface area contributed by atoms with Crippen molar-refractivity contribution in [3.63, 3.8) is 0 Å². The van der Waals surface area contributed by atoms with Crippen molar-refractivity contribution in [3.05, 3.63) is 42.5 Å². The number of amides is 1. The molecular formula is C23H26N4O2. The molecule has 1 saturated carbocycles. The topological polar surface area (TPSA) is 57.2 Å². The van der Waals surface area contributed by atoms with Gasteiger partial charge in [-0.1, -0.05) is 30.3 Å². The van der Waals surface area contributed by atoms with Crippen LogP contribution in [0.1, 0.15) is 33.1 Å². The zero-order chi connectivity index (χ0) is 20.2. The van der Waals surface area contributed by atoms with E-state index in [0.29, 0.717) is 6.61 Å². The van der Waals surface area contributed by atoms with Gasteiger partial charge in [-0.3, -0.25) is 4.79 Å². The normalized spacial score (nSPS) is 21.8. The maximum absolute atomic E-state index is 12.3. The summed E-state index contributed by atoms with van der Waals surface area (Å²) >= 11 is 0. The quantitative estimate of drug-likeness (QED) is 0.867. The van der Waals surface area contributed by atoms with Crippen LogP contribution in [0.4, 0.5) is 11.4 Å². The minimum Gasteiger partial charge on any atom is -0.483 e. The predicted molar refractivity (Wildman–Crippen MR) is 116 cm³/mol. The van der Waals surface area contributed by atoms with Gasteiger partial charge in [-0.05, 0) is 50.8 Å². The Balaban J connectivity index is 1.69. The molecule has 1 aliphatic carbocycles. The molecule has 6 nitrogen and oxygen atoms in total. The van der Waals surface area contributed by atoms with Crippen molar-refractivity contribution in [2.45, 2.75) is 44.7 Å². The largest absolute Gasteiger partial charge is 0.483 e. The second-order valence-corrected chi connectivity index (χ2v) is 8.45. The van der Waals surface area contributed by atoms with Crippen molar-refractivity contribution in [1.82, 2.24) is 5.43 Å². The SMILES string of the molecule is CC1C(=O)NN=C2COc3cc(-c4ccccc4)c(N(C)C4(C)CCC4)cc3N21. The van der Waals surface area contributed by atoms with Crippen molar-refractivity contribution in [2.75, 3.05) is 23.5 Å². The zero-order valence-corrected chi connectivity index (χ0v) is 17.1. The highest BCUT2D eigenvalue weighted by Crippen LogP contribution is 2.47. The number of nitrogens with zero attached hydrogens (tertiary/aromatic N) is 3. The molecule has 1 fully saturated rings. The van der Waals surface area contributed by atoms with Crippen LogP contribution in [0.3, 0.4) is 0 Å². The first-order valence-electron chi connectivity index (χ1n) is 10.2. The zero-order valence-electron chi connectivity index (χ0n) is 17.1. The van der Waals surface area contributed by atoms with Crippen LogP contribution in [-0.4, -0.2) is 37.0 Å². The Hall–Kier alpha value is -3.02. The number of hydrogen-bond acceptors (Lipinski definition) is 5. The van der Waals surface area contributed by atoms with Crippen molar-refractivity contribution >= 4 is 23.1 Å². The number of carbonyl (C=O) groups excluding carboxylic acids is 1. The maximum Gasteiger partial charge on any atom is 0.262 e. The Morgan fingerprint density at radius 2 is 2.00 bits per heavy atom. The summed E-state index contributed by atoms with van der Waals surface area (Å²) in [7, 11) is 2.18. The van der Waals surface area contributed by atoms with Gasteiger partial charge in [0, 0.05) is 23.8 Å². The lowest BCUT2D eigenvalue weighted by atomic mass is 9.76. The highest BCUT2D eigenvalue weighted by molar-refractivity contribution is 6.10. The molecule has 150 valence electrons. The Bertz CT molecular complexity index is 997. The molecule has 1 amide bonds. The van der Waals surface area contributed by atoms with Crippen LogP contribution in [0.25, 0.3) is 11.1 Å². The third-order valence-corrected chi connectivity index (χ3v) is 6.72. The summed E-state index contributed by atoms with van der Waals surface area (Å²) in [6.07, 6.45) is 3.62. The van der Waals surface area contributed by atoms with Crippen LogP contribution in [0.5, 0.6) is 5.75 Å². The van der Waals surface area contributed by atoms with Gasteiger partial charge in [0.25, 0.3) is 5.91 Å². The number of nitrogens with one attached hydrogen (secondary N) is 1. The lowest BCUT2D eigenvalue weighted by molar-refractivity contribution is -0.122. The number of rotatable bonds is 3. The molecule has 1 N–H and O–H groups in total. The first-order valence-corrected chi connectivity index (χ1v) is 10.2. The number of fused-ring (bicyclic) bond motifs is 3. The van der Waals surface area contributed by atoms with E-state index in [1.165, 1.54) is 19.3 Å². The van der Waals surface area contributed by atoms with Gasteiger partial charge in [-0.2, -0.15) is 5.10 Å². The van der Waals surface area contributed by atoms with Crippen molar-refractivity contribution in [1.29, 1.82) is 0 Å². The smallest absolute Gasteiger partial charge is 0.262 e. The Kier molecular flexibility index (Phi) is 4.05. The number of hydrazone groups is 1. The number of anilines is 2. The molecular weight excluding hydrogens is 364 g/mol. The first-order chi connectivity index (χ1) is 14.0. The highest BCUT2D eigenvalue weighted by Gasteiger charge is 2.39. The average molecular weight is 390 g/mol. The molecule has 0 radical (unpaired) electrons. The Labute approximate surface area is 171 Å². The second kappa shape index (κ2) is 6.51. The molecule has 0 saturated heterocycles. The minimum absolute atomic E-state index is 0.102. The van der Waals surface area contributed by atoms with E-state index >= 15 is 0 Å². The molecule has 0 aromatic heterocycles. The van der Waals surface area contributed by atoms with Gasteiger partial charge in [-0.15, -0.1) is 0 Å². The van der Waals surface area contributed by atoms with Crippen LogP contribution in [0, 0.1) is 0 Å². The van der Waals surface area contributed by atoms with E-state index in [9.17, 15) is 4.79 Å². The fraction of sp³-hybridized carbons (Fsp3) is 0.391. The third kappa shape index (κ3) is 2.77. The molecule has 0 spiro atoms. The predicted octanol–water partition coefficient (Wildman–Crippen LogP) is 3.76. The van der Waals surface area contributed by atoms with Gasteiger partial charge in [-0.25, -0.2) is 5.43 Å². The Morgan fingerprint density at radius 1 is 1.24 bits per heavy atom. The van der Waals surface area contributed by atoms with E-state index in [0.717, 1.165) is 34.1 Å². The Morgan fingerprint density at radius 3 is 2.69 bits per heavy atom. The van der Waals surface area contributed by atoms with Gasteiger partial charge in [0.1, 0.15) is 18.4 Å². The summed E-state index contributed by atoms with van der Waals surface area (Å²) in [5.74, 6) is 1.43. The summed E-state index contributed by atoms with van der Waals surface area (Å²) < 4.78 is 6.06. The summed E-state index contributed by atoms with van der Waals surface area (Å²) in [5.41, 5.74) is 7.11. The lowest BCUT2D eigenvalue weighted by Gasteiger charge is -2.48. The molecule has 2 heterocycles. The molecule has 5 rings (SSSR count). The lowest BCUT2D eigenvalue weighted by Crippen LogP contribution is -2.55. The van der Waals surface area contributed by atoms with Crippen molar-refractivity contribution in [3.8, 4) is 16.9 Å². The minimum atomic E-state index is -0.329.